The van der Waals surface area contributed by atoms with Crippen LogP contribution in [0, 0.1) is 27.7 Å². The van der Waals surface area contributed by atoms with Crippen molar-refractivity contribution in [1.29, 1.82) is 0 Å². The van der Waals surface area contributed by atoms with Crippen LogP contribution in [-0.2, 0) is 32.6 Å². The van der Waals surface area contributed by atoms with Crippen LogP contribution in [0.25, 0.3) is 0 Å². The molecule has 0 saturated carbocycles. The molecule has 10 nitrogen and oxygen atoms in total. The number of esters is 1. The zero-order valence-corrected chi connectivity index (χ0v) is 25.7. The number of methoxy groups -OCH3 is 1. The topological polar surface area (TPSA) is 134 Å². The van der Waals surface area contributed by atoms with Gasteiger partial charge in [0.05, 0.1) is 25.8 Å². The Balaban J connectivity index is 1.90. The molecule has 0 aliphatic carbocycles. The van der Waals surface area contributed by atoms with Gasteiger partial charge in [-0.1, -0.05) is 36.8 Å². The highest BCUT2D eigenvalue weighted by atomic mass is 32.2. The number of rotatable bonds is 13. The predicted molar refractivity (Wildman–Crippen MR) is 158 cm³/mol. The van der Waals surface area contributed by atoms with E-state index in [-0.39, 0.29) is 29.1 Å². The van der Waals surface area contributed by atoms with Gasteiger partial charge in [-0.15, -0.1) is 0 Å². The van der Waals surface area contributed by atoms with Crippen molar-refractivity contribution < 1.29 is 26.9 Å². The minimum Gasteiger partial charge on any atom is -0.496 e. The summed E-state index contributed by atoms with van der Waals surface area (Å²) in [7, 11) is -2.63. The predicted octanol–water partition coefficient (Wildman–Crippen LogP) is 4.43. The summed E-state index contributed by atoms with van der Waals surface area (Å²) >= 11 is 0. The zero-order chi connectivity index (χ0) is 30.3. The van der Waals surface area contributed by atoms with Gasteiger partial charge >= 0.3 is 16.1 Å². The van der Waals surface area contributed by atoms with Gasteiger partial charge in [-0.25, -0.2) is 4.98 Å². The van der Waals surface area contributed by atoms with E-state index in [1.807, 2.05) is 32.0 Å². The van der Waals surface area contributed by atoms with Crippen molar-refractivity contribution in [2.45, 2.75) is 65.8 Å². The molecule has 222 valence electrons. The number of carbonyl (C=O) groups excluding carboxylic acids is 1. The Morgan fingerprint density at radius 3 is 2.32 bits per heavy atom. The Morgan fingerprint density at radius 2 is 1.71 bits per heavy atom. The number of hydrogen-bond acceptors (Lipinski definition) is 10. The Kier molecular flexibility index (Phi) is 10.7. The SMILES string of the molecule is CCOC(=O)CCN(CC)Cc1ccc(Cc2c(C)nc(N)nc2OS(=O)(=O)c2c(C)cc(C)cc2C)c(OC)c1. The summed E-state index contributed by atoms with van der Waals surface area (Å²) in [6.07, 6.45) is 0.577. The minimum absolute atomic E-state index is 0.0846. The molecular formula is C30H40N4O6S. The van der Waals surface area contributed by atoms with Gasteiger partial charge < -0.3 is 19.4 Å². The molecule has 0 spiro atoms. The number of ether oxygens (including phenoxy) is 2. The molecule has 0 aliphatic heterocycles. The maximum atomic E-state index is 13.4. The van der Waals surface area contributed by atoms with Crippen LogP contribution in [0.4, 0.5) is 5.95 Å². The van der Waals surface area contributed by atoms with Gasteiger partial charge in [0.25, 0.3) is 0 Å². The lowest BCUT2D eigenvalue weighted by Gasteiger charge is -2.21. The maximum absolute atomic E-state index is 13.4. The summed E-state index contributed by atoms with van der Waals surface area (Å²) in [5.74, 6) is 0.210. The number of carbonyl (C=O) groups is 1. The van der Waals surface area contributed by atoms with Gasteiger partial charge in [0.15, 0.2) is 0 Å². The summed E-state index contributed by atoms with van der Waals surface area (Å²) in [6.45, 7) is 13.3. The average Bonchev–Trinajstić information content (AvgIpc) is 2.88. The van der Waals surface area contributed by atoms with E-state index in [4.69, 9.17) is 19.4 Å². The first-order valence-electron chi connectivity index (χ1n) is 13.6. The molecule has 0 radical (unpaired) electrons. The quantitative estimate of drug-likeness (QED) is 0.227. The van der Waals surface area contributed by atoms with Gasteiger partial charge in [0.2, 0.25) is 11.8 Å². The lowest BCUT2D eigenvalue weighted by atomic mass is 10.0. The lowest BCUT2D eigenvalue weighted by Crippen LogP contribution is -2.26. The second kappa shape index (κ2) is 13.8. The maximum Gasteiger partial charge on any atom is 0.341 e. The highest BCUT2D eigenvalue weighted by Crippen LogP contribution is 2.32. The van der Waals surface area contributed by atoms with Crippen molar-refractivity contribution in [2.75, 3.05) is 32.5 Å². The van der Waals surface area contributed by atoms with Gasteiger partial charge in [0, 0.05) is 25.1 Å². The summed E-state index contributed by atoms with van der Waals surface area (Å²) in [4.78, 5) is 22.5. The minimum atomic E-state index is -4.21. The molecule has 41 heavy (non-hydrogen) atoms. The molecule has 0 saturated heterocycles. The first kappa shape index (κ1) is 31.8. The van der Waals surface area contributed by atoms with Gasteiger partial charge in [-0.2, -0.15) is 13.4 Å². The van der Waals surface area contributed by atoms with Crippen LogP contribution < -0.4 is 14.7 Å². The molecule has 1 heterocycles. The summed E-state index contributed by atoms with van der Waals surface area (Å²) < 4.78 is 43.2. The smallest absolute Gasteiger partial charge is 0.341 e. The van der Waals surface area contributed by atoms with Crippen LogP contribution in [0.3, 0.4) is 0 Å². The molecule has 1 aromatic heterocycles. The fraction of sp³-hybridized carbons (Fsp3) is 0.433. The molecule has 0 amide bonds. The summed E-state index contributed by atoms with van der Waals surface area (Å²) in [5.41, 5.74) is 10.8. The monoisotopic (exact) mass is 584 g/mol. The molecule has 3 aromatic rings. The van der Waals surface area contributed by atoms with E-state index in [2.05, 4.69) is 14.9 Å². The first-order chi connectivity index (χ1) is 19.4. The number of nitrogens with two attached hydrogens (primary N) is 1. The zero-order valence-electron chi connectivity index (χ0n) is 24.9. The number of anilines is 1. The van der Waals surface area contributed by atoms with Crippen molar-refractivity contribution in [1.82, 2.24) is 14.9 Å². The Bertz CT molecular complexity index is 1480. The number of nitrogen functional groups attached to an aromatic ring is 1. The Labute approximate surface area is 243 Å². The van der Waals surface area contributed by atoms with Crippen LogP contribution in [0.15, 0.2) is 35.2 Å². The van der Waals surface area contributed by atoms with Gasteiger partial charge in [-0.05, 0) is 69.5 Å². The number of nitrogens with zero attached hydrogens (tertiary/aromatic N) is 3. The van der Waals surface area contributed by atoms with Crippen LogP contribution in [-0.4, -0.2) is 56.1 Å². The number of aryl methyl sites for hydroxylation is 4. The van der Waals surface area contributed by atoms with Crippen LogP contribution in [0.5, 0.6) is 11.6 Å². The van der Waals surface area contributed by atoms with Gasteiger partial charge in [-0.3, -0.25) is 9.69 Å². The molecule has 2 N–H and O–H groups in total. The Morgan fingerprint density at radius 1 is 1.02 bits per heavy atom. The van der Waals surface area contributed by atoms with E-state index in [9.17, 15) is 13.2 Å². The molecule has 0 unspecified atom stereocenters. The third-order valence-electron chi connectivity index (χ3n) is 6.75. The summed E-state index contributed by atoms with van der Waals surface area (Å²) in [5, 5.41) is 0. The molecular weight excluding hydrogens is 544 g/mol. The standard InChI is InChI=1S/C30H40N4O6S/c1-8-34(13-12-27(35)39-9-2)18-23-10-11-24(26(16-23)38-7)17-25-22(6)32-30(31)33-29(25)40-41(36,37)28-20(4)14-19(3)15-21(28)5/h10-11,14-16H,8-9,12-13,17-18H2,1-7H3,(H2,31,32,33). The van der Waals surface area contributed by atoms with Crippen LogP contribution in [0.1, 0.15) is 59.3 Å². The largest absolute Gasteiger partial charge is 0.496 e. The van der Waals surface area contributed by atoms with Crippen molar-refractivity contribution in [3.8, 4) is 11.6 Å². The number of aromatic nitrogens is 2. The Hall–Kier alpha value is -3.70. The van der Waals surface area contributed by atoms with Crippen molar-refractivity contribution in [3.63, 3.8) is 0 Å². The van der Waals surface area contributed by atoms with Crippen molar-refractivity contribution in [3.05, 3.63) is 69.4 Å². The molecule has 0 fully saturated rings. The third-order valence-corrected chi connectivity index (χ3v) is 8.27. The summed E-state index contributed by atoms with van der Waals surface area (Å²) in [6, 6.07) is 9.44. The number of hydrogen-bond donors (Lipinski definition) is 1. The second-order valence-electron chi connectivity index (χ2n) is 9.96. The van der Waals surface area contributed by atoms with Crippen molar-refractivity contribution >= 4 is 22.0 Å². The van der Waals surface area contributed by atoms with E-state index < -0.39 is 10.1 Å². The highest BCUT2D eigenvalue weighted by Gasteiger charge is 2.26. The molecule has 0 atom stereocenters. The fourth-order valence-corrected chi connectivity index (χ4v) is 6.22. The first-order valence-corrected chi connectivity index (χ1v) is 15.0. The molecule has 0 bridgehead atoms. The highest BCUT2D eigenvalue weighted by molar-refractivity contribution is 7.87. The van der Waals surface area contributed by atoms with Crippen molar-refractivity contribution in [2.24, 2.45) is 0 Å². The van der Waals surface area contributed by atoms with E-state index in [0.29, 0.717) is 54.3 Å². The average molecular weight is 585 g/mol. The third kappa shape index (κ3) is 8.17. The van der Waals surface area contributed by atoms with E-state index in [1.54, 1.807) is 46.9 Å². The molecule has 0 aliphatic rings. The molecule has 11 heteroatoms. The van der Waals surface area contributed by atoms with Gasteiger partial charge in [0.1, 0.15) is 10.6 Å². The van der Waals surface area contributed by atoms with E-state index >= 15 is 0 Å². The lowest BCUT2D eigenvalue weighted by molar-refractivity contribution is -0.143. The second-order valence-corrected chi connectivity index (χ2v) is 11.4. The molecule has 2 aromatic carbocycles. The van der Waals surface area contributed by atoms with Crippen LogP contribution >= 0.6 is 0 Å². The fourth-order valence-electron chi connectivity index (χ4n) is 4.88. The van der Waals surface area contributed by atoms with E-state index in [1.165, 1.54) is 0 Å². The molecule has 3 rings (SSSR count). The normalized spacial score (nSPS) is 11.5. The van der Waals surface area contributed by atoms with Crippen LogP contribution in [0.2, 0.25) is 0 Å². The van der Waals surface area contributed by atoms with E-state index in [0.717, 1.165) is 23.2 Å². The number of benzene rings is 2.